The fourth-order valence-corrected chi connectivity index (χ4v) is 5.24. The first kappa shape index (κ1) is 38.4. The first-order valence-corrected chi connectivity index (χ1v) is 20.6. The number of hydrogen-bond donors (Lipinski definition) is 2. The molecule has 1 aliphatic heterocycles. The van der Waals surface area contributed by atoms with Crippen molar-refractivity contribution in [2.24, 2.45) is 14.5 Å². The van der Waals surface area contributed by atoms with Crippen LogP contribution in [-0.2, 0) is 35.2 Å². The summed E-state index contributed by atoms with van der Waals surface area (Å²) in [6, 6.07) is 12.2. The molecule has 1 heterocycles. The van der Waals surface area contributed by atoms with Gasteiger partial charge in [-0.25, -0.2) is 6.61 Å². The molecule has 0 bridgehead atoms. The van der Waals surface area contributed by atoms with Gasteiger partial charge >= 0.3 is 50.7 Å². The molecule has 6 heteroatoms. The van der Waals surface area contributed by atoms with Crippen molar-refractivity contribution in [2.75, 3.05) is 6.61 Å². The van der Waals surface area contributed by atoms with Crippen molar-refractivity contribution < 1.29 is 34.6 Å². The van der Waals surface area contributed by atoms with Crippen molar-refractivity contribution >= 4 is 13.8 Å². The number of aromatic hydroxyl groups is 2. The number of nitrogens with zero attached hydrogens (tertiary/aromatic N) is 1. The zero-order valence-electron chi connectivity index (χ0n) is 29.3. The SMILES string of the molecule is CC(C)(C)[CH-][C@@H]1C(c2cccc(C(C)(C)C)c2O)=CC=CC1c1cccc(C(C)(C)C)c1O.C[Si](C)(C)[N]=[W].[CH-]1CCCO1. The summed E-state index contributed by atoms with van der Waals surface area (Å²) in [5.74, 6) is 0.715. The van der Waals surface area contributed by atoms with Crippen molar-refractivity contribution in [2.45, 2.75) is 112 Å². The molecule has 2 atom stereocenters. The minimum Gasteiger partial charge on any atom is -0.552 e. The zero-order valence-corrected chi connectivity index (χ0v) is 33.2. The van der Waals surface area contributed by atoms with Crippen LogP contribution < -0.4 is 0 Å². The van der Waals surface area contributed by atoms with Crippen LogP contribution in [0.2, 0.25) is 19.6 Å². The molecule has 244 valence electrons. The first-order valence-electron chi connectivity index (χ1n) is 15.8. The quantitative estimate of drug-likeness (QED) is 0.240. The average Bonchev–Trinajstić information content (AvgIpc) is 3.48. The van der Waals surface area contributed by atoms with Crippen molar-refractivity contribution in [3.05, 3.63) is 89.9 Å². The molecule has 1 saturated heterocycles. The van der Waals surface area contributed by atoms with E-state index in [-0.39, 0.29) is 28.1 Å². The molecule has 1 aliphatic carbocycles. The Morgan fingerprint density at radius 1 is 0.886 bits per heavy atom. The number of para-hydroxylation sites is 2. The van der Waals surface area contributed by atoms with Crippen LogP contribution in [0.4, 0.5) is 0 Å². The standard InChI is InChI=1S/C31H41O2.C4H7O.C3H9NSi.W/c1-29(2,3)19-24-20(22-15-11-17-25(27(22)32)30(4,5)6)13-10-14-21(24)23-16-12-18-26(28(23)33)31(7,8)9;1-2-4-5-3-1;1-5(2,3)4;/h10-20,24,32-33H,1-9H3;3H,1-2,4H2;1-3H3;/q2*-1;;/t20?,24-;;;/m0.../s1. The maximum absolute atomic E-state index is 11.3. The number of phenols is 2. The molecule has 44 heavy (non-hydrogen) atoms. The molecule has 2 aromatic rings. The van der Waals surface area contributed by atoms with Gasteiger partial charge in [-0.05, 0) is 33.4 Å². The third kappa shape index (κ3) is 11.5. The van der Waals surface area contributed by atoms with Crippen molar-refractivity contribution in [3.8, 4) is 11.5 Å². The Morgan fingerprint density at radius 3 is 1.86 bits per heavy atom. The van der Waals surface area contributed by atoms with Crippen LogP contribution in [0.15, 0.2) is 57.8 Å². The molecule has 1 fully saturated rings. The van der Waals surface area contributed by atoms with Gasteiger partial charge in [-0.15, -0.1) is 5.92 Å². The van der Waals surface area contributed by atoms with E-state index in [1.807, 2.05) is 43.0 Å². The molecule has 2 aromatic carbocycles. The molecular formula is C38H57NO3SiW-2. The van der Waals surface area contributed by atoms with Gasteiger partial charge in [0.05, 0.1) is 0 Å². The summed E-state index contributed by atoms with van der Waals surface area (Å²) in [6.07, 6.45) is 11.1. The molecule has 4 rings (SSSR count). The largest absolute Gasteiger partial charge is 0.552 e. The predicted octanol–water partition coefficient (Wildman–Crippen LogP) is 10.8. The van der Waals surface area contributed by atoms with E-state index in [4.69, 9.17) is 4.74 Å². The average molecular weight is 788 g/mol. The van der Waals surface area contributed by atoms with Crippen LogP contribution in [0.25, 0.3) is 5.57 Å². The molecule has 2 N–H and O–H groups in total. The second-order valence-electron chi connectivity index (χ2n) is 16.0. The van der Waals surface area contributed by atoms with Crippen LogP contribution in [0.3, 0.4) is 0 Å². The fourth-order valence-electron chi connectivity index (χ4n) is 5.24. The molecule has 0 radical (unpaired) electrons. The molecule has 0 aromatic heterocycles. The van der Waals surface area contributed by atoms with Crippen LogP contribution >= 0.6 is 0 Å². The summed E-state index contributed by atoms with van der Waals surface area (Å²) in [7, 11) is -0.969. The van der Waals surface area contributed by atoms with E-state index in [9.17, 15) is 10.2 Å². The molecule has 0 amide bonds. The third-order valence-corrected chi connectivity index (χ3v) is 13.8. The third-order valence-electron chi connectivity index (χ3n) is 7.39. The molecular weight excluding hydrogens is 730 g/mol. The maximum atomic E-state index is 11.3. The van der Waals surface area contributed by atoms with Gasteiger partial charge in [0.25, 0.3) is 0 Å². The Kier molecular flexibility index (Phi) is 13.6. The summed E-state index contributed by atoms with van der Waals surface area (Å²) in [4.78, 5) is 0. The smallest absolute Gasteiger partial charge is 0.00878 e. The van der Waals surface area contributed by atoms with Gasteiger partial charge in [-0.3, -0.25) is 0 Å². The normalized spacial score (nSPS) is 18.9. The molecule has 4 nitrogen and oxygen atoms in total. The summed E-state index contributed by atoms with van der Waals surface area (Å²) in [5.41, 5.74) is 4.43. The van der Waals surface area contributed by atoms with E-state index in [1.165, 1.54) is 26.1 Å². The summed E-state index contributed by atoms with van der Waals surface area (Å²) >= 11 is 1.38. The number of hydrogen-bond acceptors (Lipinski definition) is 4. The molecule has 0 spiro atoms. The Labute approximate surface area is 281 Å². The second-order valence-corrected chi connectivity index (χ2v) is 22.5. The predicted molar refractivity (Wildman–Crippen MR) is 186 cm³/mol. The number of rotatable bonds is 4. The van der Waals surface area contributed by atoms with E-state index < -0.39 is 8.24 Å². The van der Waals surface area contributed by atoms with Crippen LogP contribution in [-0.4, -0.2) is 25.1 Å². The number of allylic oxidation sites excluding steroid dienone is 4. The maximum Gasteiger partial charge on any atom is 0.00878 e. The minimum absolute atomic E-state index is 0.0113. The first-order chi connectivity index (χ1) is 20.2. The Morgan fingerprint density at radius 2 is 1.43 bits per heavy atom. The van der Waals surface area contributed by atoms with E-state index in [2.05, 4.69) is 110 Å². The van der Waals surface area contributed by atoms with Crippen LogP contribution in [0.1, 0.15) is 103 Å². The Bertz CT molecular complexity index is 1290. The van der Waals surface area contributed by atoms with Crippen LogP contribution in [0, 0.1) is 24.4 Å². The monoisotopic (exact) mass is 787 g/mol. The fraction of sp³-hybridized carbons (Fsp3) is 0.526. The van der Waals surface area contributed by atoms with Gasteiger partial charge in [-0.1, -0.05) is 129 Å². The van der Waals surface area contributed by atoms with Crippen LogP contribution in [0.5, 0.6) is 11.5 Å². The summed E-state index contributed by atoms with van der Waals surface area (Å²) in [5, 5.41) is 22.7. The second kappa shape index (κ2) is 15.7. The molecule has 1 unspecified atom stereocenters. The van der Waals surface area contributed by atoms with Gasteiger partial charge in [0.1, 0.15) is 11.5 Å². The molecule has 0 saturated carbocycles. The minimum atomic E-state index is -0.969. The van der Waals surface area contributed by atoms with E-state index in [0.717, 1.165) is 40.9 Å². The van der Waals surface area contributed by atoms with Crippen molar-refractivity contribution in [3.63, 3.8) is 0 Å². The van der Waals surface area contributed by atoms with E-state index in [0.29, 0.717) is 11.5 Å². The zero-order chi connectivity index (χ0) is 33.5. The number of ether oxygens (including phenoxy) is 1. The number of phenolic OH excluding ortho intramolecular Hbond substituents is 2. The van der Waals surface area contributed by atoms with Gasteiger partial charge in [0.2, 0.25) is 0 Å². The van der Waals surface area contributed by atoms with Gasteiger partial charge < -0.3 is 21.4 Å². The van der Waals surface area contributed by atoms with Crippen molar-refractivity contribution in [1.29, 1.82) is 0 Å². The summed E-state index contributed by atoms with van der Waals surface area (Å²) in [6.45, 7) is 28.9. The number of benzene rings is 2. The summed E-state index contributed by atoms with van der Waals surface area (Å²) < 4.78 is 9.06. The van der Waals surface area contributed by atoms with Gasteiger partial charge in [0.15, 0.2) is 0 Å². The van der Waals surface area contributed by atoms with Crippen molar-refractivity contribution in [1.82, 2.24) is 0 Å². The topological polar surface area (TPSA) is 62.0 Å². The Balaban J connectivity index is 0.000000516. The Hall–Kier alpha value is -1.81. The van der Waals surface area contributed by atoms with Gasteiger partial charge in [0, 0.05) is 12.2 Å². The van der Waals surface area contributed by atoms with Gasteiger partial charge in [-0.2, -0.15) is 11.8 Å². The van der Waals surface area contributed by atoms with E-state index in [1.54, 1.807) is 0 Å². The molecule has 2 aliphatic rings. The van der Waals surface area contributed by atoms with E-state index >= 15 is 0 Å².